The highest BCUT2D eigenvalue weighted by Crippen LogP contribution is 2.25. The molecule has 0 fully saturated rings. The van der Waals surface area contributed by atoms with Gasteiger partial charge < -0.3 is 19.3 Å². The topological polar surface area (TPSA) is 90.7 Å². The second kappa shape index (κ2) is 7.91. The molecule has 1 N–H and O–H groups in total. The number of nitrogens with one attached hydrogen (secondary N) is 1. The highest BCUT2D eigenvalue weighted by atomic mass is 79.9. The minimum absolute atomic E-state index is 0.229. The first kappa shape index (κ1) is 17.9. The summed E-state index contributed by atoms with van der Waals surface area (Å²) in [7, 11) is 0. The molecule has 0 bridgehead atoms. The van der Waals surface area contributed by atoms with Crippen molar-refractivity contribution < 1.29 is 28.0 Å². The third kappa shape index (κ3) is 5.05. The smallest absolute Gasteiger partial charge is 0.344 e. The van der Waals surface area contributed by atoms with Crippen molar-refractivity contribution in [2.45, 2.75) is 20.0 Å². The monoisotopic (exact) mass is 400 g/mol. The van der Waals surface area contributed by atoms with Gasteiger partial charge in [-0.3, -0.25) is 4.79 Å². The van der Waals surface area contributed by atoms with Gasteiger partial charge in [0.1, 0.15) is 17.3 Å². The van der Waals surface area contributed by atoms with Gasteiger partial charge in [-0.1, -0.05) is 5.16 Å². The molecule has 9 heteroatoms. The molecule has 1 amide bonds. The van der Waals surface area contributed by atoms with Crippen LogP contribution in [0.25, 0.3) is 0 Å². The zero-order chi connectivity index (χ0) is 17.7. The molecule has 0 aliphatic heterocycles. The molecule has 7 nitrogen and oxygen atoms in total. The Balaban J connectivity index is 1.81. The molecule has 2 aromatic rings. The standard InChI is InChI=1S/C15H14BrFN2O5/c1-8-5-13(19-24-8)18-15(21)9(2)23-14(20)7-22-12-4-3-10(17)6-11(12)16/h3-6,9H,7H2,1-2H3,(H,18,19,21)/t9-/m0/s1. The van der Waals surface area contributed by atoms with E-state index in [1.54, 1.807) is 6.92 Å². The van der Waals surface area contributed by atoms with Crippen molar-refractivity contribution in [2.24, 2.45) is 0 Å². The van der Waals surface area contributed by atoms with Gasteiger partial charge in [-0.15, -0.1) is 0 Å². The molecule has 1 aromatic carbocycles. The Morgan fingerprint density at radius 1 is 1.42 bits per heavy atom. The number of halogens is 2. The van der Waals surface area contributed by atoms with E-state index in [9.17, 15) is 14.0 Å². The average molecular weight is 401 g/mol. The highest BCUT2D eigenvalue weighted by Gasteiger charge is 2.19. The predicted molar refractivity (Wildman–Crippen MR) is 85.0 cm³/mol. The Morgan fingerprint density at radius 2 is 2.17 bits per heavy atom. The normalized spacial score (nSPS) is 11.7. The van der Waals surface area contributed by atoms with E-state index in [2.05, 4.69) is 26.4 Å². The largest absolute Gasteiger partial charge is 0.481 e. The average Bonchev–Trinajstić information content (AvgIpc) is 2.91. The third-order valence-corrected chi connectivity index (χ3v) is 3.42. The minimum Gasteiger partial charge on any atom is -0.481 e. The van der Waals surface area contributed by atoms with Crippen molar-refractivity contribution in [3.8, 4) is 5.75 Å². The first-order chi connectivity index (χ1) is 11.3. The summed E-state index contributed by atoms with van der Waals surface area (Å²) >= 11 is 3.11. The second-order valence-corrected chi connectivity index (χ2v) is 5.66. The van der Waals surface area contributed by atoms with E-state index >= 15 is 0 Å². The van der Waals surface area contributed by atoms with Gasteiger partial charge in [-0.25, -0.2) is 9.18 Å². The molecule has 0 aliphatic carbocycles. The Labute approximate surface area is 145 Å². The van der Waals surface area contributed by atoms with Gasteiger partial charge in [-0.2, -0.15) is 0 Å². The van der Waals surface area contributed by atoms with Gasteiger partial charge in [-0.05, 0) is 48.0 Å². The van der Waals surface area contributed by atoms with Crippen LogP contribution in [0, 0.1) is 12.7 Å². The van der Waals surface area contributed by atoms with E-state index in [1.165, 1.54) is 31.2 Å². The zero-order valence-corrected chi connectivity index (χ0v) is 14.4. The number of carbonyl (C=O) groups excluding carboxylic acids is 2. The summed E-state index contributed by atoms with van der Waals surface area (Å²) < 4.78 is 28.3. The summed E-state index contributed by atoms with van der Waals surface area (Å²) in [6, 6.07) is 5.30. The molecule has 128 valence electrons. The summed E-state index contributed by atoms with van der Waals surface area (Å²) in [5.41, 5.74) is 0. The number of rotatable bonds is 6. The number of aryl methyl sites for hydroxylation is 1. The van der Waals surface area contributed by atoms with Gasteiger partial charge in [0, 0.05) is 6.07 Å². The zero-order valence-electron chi connectivity index (χ0n) is 12.8. The number of carbonyl (C=O) groups is 2. The third-order valence-electron chi connectivity index (χ3n) is 2.80. The molecule has 1 heterocycles. The van der Waals surface area contributed by atoms with Crippen LogP contribution < -0.4 is 10.1 Å². The molecular weight excluding hydrogens is 387 g/mol. The van der Waals surface area contributed by atoms with Crippen molar-refractivity contribution >= 4 is 33.6 Å². The Bertz CT molecular complexity index is 749. The summed E-state index contributed by atoms with van der Waals surface area (Å²) in [4.78, 5) is 23.6. The van der Waals surface area contributed by atoms with Gasteiger partial charge >= 0.3 is 5.97 Å². The predicted octanol–water partition coefficient (Wildman–Crippen LogP) is 2.83. The van der Waals surface area contributed by atoms with Crippen LogP contribution in [0.1, 0.15) is 12.7 Å². The van der Waals surface area contributed by atoms with Crippen molar-refractivity contribution in [2.75, 3.05) is 11.9 Å². The number of esters is 1. The van der Waals surface area contributed by atoms with Gasteiger partial charge in [0.2, 0.25) is 0 Å². The van der Waals surface area contributed by atoms with E-state index in [4.69, 9.17) is 14.0 Å². The fourth-order valence-electron chi connectivity index (χ4n) is 1.67. The number of benzene rings is 1. The molecule has 24 heavy (non-hydrogen) atoms. The van der Waals surface area contributed by atoms with Gasteiger partial charge in [0.25, 0.3) is 5.91 Å². The lowest BCUT2D eigenvalue weighted by molar-refractivity contribution is -0.155. The Hall–Kier alpha value is -2.42. The second-order valence-electron chi connectivity index (χ2n) is 4.81. The van der Waals surface area contributed by atoms with Crippen molar-refractivity contribution in [3.05, 3.63) is 40.3 Å². The lowest BCUT2D eigenvalue weighted by atomic mass is 10.3. The number of aromatic nitrogens is 1. The van der Waals surface area contributed by atoms with E-state index in [1.807, 2.05) is 0 Å². The van der Waals surface area contributed by atoms with E-state index in [0.717, 1.165) is 0 Å². The molecule has 1 aromatic heterocycles. The lowest BCUT2D eigenvalue weighted by Gasteiger charge is -2.13. The number of amides is 1. The molecule has 0 unspecified atom stereocenters. The summed E-state index contributed by atoms with van der Waals surface area (Å²) in [6.45, 7) is 2.66. The maximum absolute atomic E-state index is 13.0. The Morgan fingerprint density at radius 3 is 2.79 bits per heavy atom. The van der Waals surface area contributed by atoms with E-state index in [-0.39, 0.29) is 11.6 Å². The first-order valence-corrected chi connectivity index (χ1v) is 7.66. The fourth-order valence-corrected chi connectivity index (χ4v) is 2.13. The number of anilines is 1. The quantitative estimate of drug-likeness (QED) is 0.749. The van der Waals surface area contributed by atoms with Crippen molar-refractivity contribution in [3.63, 3.8) is 0 Å². The molecular formula is C15H14BrFN2O5. The van der Waals surface area contributed by atoms with Gasteiger partial charge in [0.15, 0.2) is 18.5 Å². The van der Waals surface area contributed by atoms with E-state index in [0.29, 0.717) is 10.2 Å². The SMILES string of the molecule is Cc1cc(NC(=O)[C@H](C)OC(=O)COc2ccc(F)cc2Br)no1. The van der Waals surface area contributed by atoms with Gasteiger partial charge in [0.05, 0.1) is 4.47 Å². The van der Waals surface area contributed by atoms with Crippen LogP contribution in [0.3, 0.4) is 0 Å². The lowest BCUT2D eigenvalue weighted by Crippen LogP contribution is -2.31. The van der Waals surface area contributed by atoms with Crippen molar-refractivity contribution in [1.82, 2.24) is 5.16 Å². The molecule has 2 rings (SSSR count). The van der Waals surface area contributed by atoms with Crippen LogP contribution in [-0.4, -0.2) is 29.7 Å². The first-order valence-electron chi connectivity index (χ1n) is 6.86. The number of hydrogen-bond donors (Lipinski definition) is 1. The maximum atomic E-state index is 13.0. The molecule has 1 atom stereocenters. The molecule has 0 saturated heterocycles. The molecule has 0 saturated carbocycles. The molecule has 0 spiro atoms. The summed E-state index contributed by atoms with van der Waals surface area (Å²) in [5.74, 6) is -0.696. The molecule has 0 radical (unpaired) electrons. The maximum Gasteiger partial charge on any atom is 0.344 e. The van der Waals surface area contributed by atoms with Crippen molar-refractivity contribution in [1.29, 1.82) is 0 Å². The molecule has 0 aliphatic rings. The van der Waals surface area contributed by atoms with Crippen LogP contribution in [0.5, 0.6) is 5.75 Å². The summed E-state index contributed by atoms with van der Waals surface area (Å²) in [5, 5.41) is 6.05. The number of hydrogen-bond acceptors (Lipinski definition) is 6. The van der Waals surface area contributed by atoms with Crippen LogP contribution in [0.2, 0.25) is 0 Å². The Kier molecular flexibility index (Phi) is 5.91. The van der Waals surface area contributed by atoms with Crippen LogP contribution in [0.4, 0.5) is 10.2 Å². The highest BCUT2D eigenvalue weighted by molar-refractivity contribution is 9.10. The van der Waals surface area contributed by atoms with E-state index < -0.39 is 30.4 Å². The number of ether oxygens (including phenoxy) is 2. The number of nitrogens with zero attached hydrogens (tertiary/aromatic N) is 1. The van der Waals surface area contributed by atoms with Crippen LogP contribution >= 0.6 is 15.9 Å². The minimum atomic E-state index is -1.05. The van der Waals surface area contributed by atoms with Crippen LogP contribution in [0.15, 0.2) is 33.3 Å². The fraction of sp³-hybridized carbons (Fsp3) is 0.267. The summed E-state index contributed by atoms with van der Waals surface area (Å²) in [6.07, 6.45) is -1.05. The van der Waals surface area contributed by atoms with Crippen LogP contribution in [-0.2, 0) is 14.3 Å².